The zero-order valence-corrected chi connectivity index (χ0v) is 12.0. The van der Waals surface area contributed by atoms with Gasteiger partial charge in [-0.25, -0.2) is 0 Å². The smallest absolute Gasteiger partial charge is 0.257 e. The molecule has 0 aliphatic rings. The third kappa shape index (κ3) is 5.28. The quantitative estimate of drug-likeness (QED) is 0.663. The van der Waals surface area contributed by atoms with Crippen molar-refractivity contribution in [2.45, 2.75) is 19.8 Å². The highest BCUT2D eigenvalue weighted by Crippen LogP contribution is 2.10. The third-order valence-corrected chi connectivity index (χ3v) is 2.92. The number of benzene rings is 1. The Labute approximate surface area is 115 Å². The van der Waals surface area contributed by atoms with Crippen molar-refractivity contribution in [2.24, 2.45) is 0 Å². The van der Waals surface area contributed by atoms with E-state index in [4.69, 9.17) is 12.2 Å². The van der Waals surface area contributed by atoms with E-state index in [1.165, 1.54) is 0 Å². The summed E-state index contributed by atoms with van der Waals surface area (Å²) in [5, 5.41) is 6.01. The van der Waals surface area contributed by atoms with Crippen molar-refractivity contribution in [1.29, 1.82) is 0 Å². The molecule has 0 aliphatic carbocycles. The summed E-state index contributed by atoms with van der Waals surface area (Å²) < 4.78 is 0.942. The van der Waals surface area contributed by atoms with Crippen LogP contribution in [0.25, 0.3) is 0 Å². The summed E-state index contributed by atoms with van der Waals surface area (Å²) in [6, 6.07) is 7.13. The molecule has 3 nitrogen and oxygen atoms in total. The molecule has 0 spiro atoms. The number of carbonyl (C=O) groups excluding carboxylic acids is 1. The van der Waals surface area contributed by atoms with Crippen LogP contribution in [0.1, 0.15) is 30.1 Å². The van der Waals surface area contributed by atoms with Crippen molar-refractivity contribution in [3.63, 3.8) is 0 Å². The van der Waals surface area contributed by atoms with Gasteiger partial charge in [0.2, 0.25) is 0 Å². The summed E-state index contributed by atoms with van der Waals surface area (Å²) >= 11 is 8.33. The highest BCUT2D eigenvalue weighted by Gasteiger charge is 2.06. The Bertz CT molecular complexity index is 392. The first kappa shape index (κ1) is 14.1. The predicted octanol–water partition coefficient (Wildman–Crippen LogP) is 2.85. The standard InChI is InChI=1S/C12H15BrN2OS/c1-2-3-8-14-12(17)15-11(16)9-4-6-10(13)7-5-9/h4-7H,2-3,8H2,1H3,(H2,14,15,16,17). The van der Waals surface area contributed by atoms with Crippen LogP contribution in [-0.4, -0.2) is 17.6 Å². The van der Waals surface area contributed by atoms with E-state index < -0.39 is 0 Å². The molecule has 0 saturated heterocycles. The Balaban J connectivity index is 2.43. The fourth-order valence-corrected chi connectivity index (χ4v) is 1.66. The van der Waals surface area contributed by atoms with Gasteiger partial charge in [-0.15, -0.1) is 0 Å². The molecule has 2 N–H and O–H groups in total. The van der Waals surface area contributed by atoms with Crippen LogP contribution < -0.4 is 10.6 Å². The minimum atomic E-state index is -0.188. The molecule has 0 atom stereocenters. The second-order valence-corrected chi connectivity index (χ2v) is 4.89. The number of thiocarbonyl (C=S) groups is 1. The van der Waals surface area contributed by atoms with Crippen molar-refractivity contribution >= 4 is 39.2 Å². The molecular formula is C12H15BrN2OS. The molecule has 0 saturated carbocycles. The number of hydrogen-bond acceptors (Lipinski definition) is 2. The number of nitrogens with one attached hydrogen (secondary N) is 2. The highest BCUT2D eigenvalue weighted by atomic mass is 79.9. The van der Waals surface area contributed by atoms with Gasteiger partial charge in [-0.1, -0.05) is 29.3 Å². The molecule has 0 heterocycles. The number of halogens is 1. The van der Waals surface area contributed by atoms with Gasteiger partial charge in [0.15, 0.2) is 5.11 Å². The number of unbranched alkanes of at least 4 members (excludes halogenated alkanes) is 1. The van der Waals surface area contributed by atoms with Gasteiger partial charge in [-0.2, -0.15) is 0 Å². The first-order chi connectivity index (χ1) is 8.13. The Morgan fingerprint density at radius 2 is 2.00 bits per heavy atom. The first-order valence-corrected chi connectivity index (χ1v) is 6.68. The molecule has 17 heavy (non-hydrogen) atoms. The van der Waals surface area contributed by atoms with Crippen molar-refractivity contribution in [1.82, 2.24) is 10.6 Å². The summed E-state index contributed by atoms with van der Waals surface area (Å²) in [4.78, 5) is 11.7. The SMILES string of the molecule is CCCCNC(=S)NC(=O)c1ccc(Br)cc1. The summed E-state index contributed by atoms with van der Waals surface area (Å²) in [7, 11) is 0. The van der Waals surface area contributed by atoms with Gasteiger partial charge in [0.25, 0.3) is 5.91 Å². The van der Waals surface area contributed by atoms with E-state index in [-0.39, 0.29) is 5.91 Å². The fourth-order valence-electron chi connectivity index (χ4n) is 1.20. The fraction of sp³-hybridized carbons (Fsp3) is 0.333. The molecular weight excluding hydrogens is 300 g/mol. The van der Waals surface area contributed by atoms with Crippen molar-refractivity contribution in [3.8, 4) is 0 Å². The van der Waals surface area contributed by atoms with Crippen LogP contribution in [0.2, 0.25) is 0 Å². The highest BCUT2D eigenvalue weighted by molar-refractivity contribution is 9.10. The monoisotopic (exact) mass is 314 g/mol. The minimum absolute atomic E-state index is 0.188. The molecule has 0 aliphatic heterocycles. The lowest BCUT2D eigenvalue weighted by Crippen LogP contribution is -2.39. The Morgan fingerprint density at radius 3 is 2.59 bits per heavy atom. The second kappa shape index (κ2) is 7.40. The van der Waals surface area contributed by atoms with Crippen LogP contribution in [0.5, 0.6) is 0 Å². The molecule has 0 unspecified atom stereocenters. The van der Waals surface area contributed by atoms with Crippen molar-refractivity contribution in [3.05, 3.63) is 34.3 Å². The Kier molecular flexibility index (Phi) is 6.15. The molecule has 1 aromatic carbocycles. The Morgan fingerprint density at radius 1 is 1.35 bits per heavy atom. The molecule has 1 amide bonds. The lowest BCUT2D eigenvalue weighted by molar-refractivity contribution is 0.0976. The van der Waals surface area contributed by atoms with Crippen LogP contribution in [-0.2, 0) is 0 Å². The largest absolute Gasteiger partial charge is 0.362 e. The molecule has 0 fully saturated rings. The van der Waals surface area contributed by atoms with E-state index in [1.54, 1.807) is 12.1 Å². The summed E-state index contributed by atoms with van der Waals surface area (Å²) in [5.41, 5.74) is 0.591. The zero-order valence-electron chi connectivity index (χ0n) is 9.63. The number of amides is 1. The number of rotatable bonds is 4. The molecule has 92 valence electrons. The van der Waals surface area contributed by atoms with E-state index in [1.807, 2.05) is 12.1 Å². The third-order valence-electron chi connectivity index (χ3n) is 2.15. The van der Waals surface area contributed by atoms with Crippen LogP contribution in [0.3, 0.4) is 0 Å². The van der Waals surface area contributed by atoms with Crippen molar-refractivity contribution in [2.75, 3.05) is 6.54 Å². The molecule has 0 radical (unpaired) electrons. The summed E-state index contributed by atoms with van der Waals surface area (Å²) in [5.74, 6) is -0.188. The van der Waals surface area contributed by atoms with E-state index >= 15 is 0 Å². The van der Waals surface area contributed by atoms with E-state index in [0.29, 0.717) is 10.7 Å². The van der Waals surface area contributed by atoms with Gasteiger partial charge >= 0.3 is 0 Å². The summed E-state index contributed by atoms with van der Waals surface area (Å²) in [6.45, 7) is 2.89. The number of carbonyl (C=O) groups is 1. The van der Waals surface area contributed by atoms with E-state index in [0.717, 1.165) is 23.9 Å². The summed E-state index contributed by atoms with van der Waals surface area (Å²) in [6.07, 6.45) is 2.13. The van der Waals surface area contributed by atoms with Crippen LogP contribution in [0.15, 0.2) is 28.7 Å². The molecule has 1 aromatic rings. The second-order valence-electron chi connectivity index (χ2n) is 3.57. The minimum Gasteiger partial charge on any atom is -0.362 e. The zero-order chi connectivity index (χ0) is 12.7. The van der Waals surface area contributed by atoms with Gasteiger partial charge in [0.05, 0.1) is 0 Å². The van der Waals surface area contributed by atoms with Gasteiger partial charge in [0.1, 0.15) is 0 Å². The lowest BCUT2D eigenvalue weighted by Gasteiger charge is -2.08. The van der Waals surface area contributed by atoms with Crippen LogP contribution in [0.4, 0.5) is 0 Å². The van der Waals surface area contributed by atoms with Crippen LogP contribution >= 0.6 is 28.1 Å². The molecule has 1 rings (SSSR count). The molecule has 0 aromatic heterocycles. The van der Waals surface area contributed by atoms with Gasteiger partial charge in [-0.05, 0) is 42.9 Å². The average molecular weight is 315 g/mol. The maximum Gasteiger partial charge on any atom is 0.257 e. The molecule has 0 bridgehead atoms. The van der Waals surface area contributed by atoms with Crippen LogP contribution in [0, 0.1) is 0 Å². The lowest BCUT2D eigenvalue weighted by atomic mass is 10.2. The average Bonchev–Trinajstić information content (AvgIpc) is 2.30. The topological polar surface area (TPSA) is 41.1 Å². The first-order valence-electron chi connectivity index (χ1n) is 5.48. The normalized spacial score (nSPS) is 9.76. The predicted molar refractivity (Wildman–Crippen MR) is 77.1 cm³/mol. The Hall–Kier alpha value is -0.940. The van der Waals surface area contributed by atoms with E-state index in [2.05, 4.69) is 33.5 Å². The van der Waals surface area contributed by atoms with Gasteiger partial charge < -0.3 is 5.32 Å². The van der Waals surface area contributed by atoms with Gasteiger partial charge in [0, 0.05) is 16.6 Å². The maximum atomic E-state index is 11.7. The maximum absolute atomic E-state index is 11.7. The van der Waals surface area contributed by atoms with E-state index in [9.17, 15) is 4.79 Å². The van der Waals surface area contributed by atoms with Crippen molar-refractivity contribution < 1.29 is 4.79 Å². The molecule has 5 heteroatoms. The van der Waals surface area contributed by atoms with Gasteiger partial charge in [-0.3, -0.25) is 10.1 Å². The number of hydrogen-bond donors (Lipinski definition) is 2.